The van der Waals surface area contributed by atoms with E-state index in [0.29, 0.717) is 4.90 Å². The van der Waals surface area contributed by atoms with Crippen LogP contribution in [0.4, 0.5) is 5.69 Å². The highest BCUT2D eigenvalue weighted by molar-refractivity contribution is 8.00. The molecule has 0 bridgehead atoms. The first kappa shape index (κ1) is 18.5. The fraction of sp³-hybridized carbons (Fsp3) is 0.467. The molecule has 1 N–H and O–H groups in total. The summed E-state index contributed by atoms with van der Waals surface area (Å²) in [5.74, 6) is -1.22. The van der Waals surface area contributed by atoms with E-state index in [1.165, 1.54) is 18.2 Å². The van der Waals surface area contributed by atoms with Gasteiger partial charge in [0, 0.05) is 17.0 Å². The number of thioether (sulfide) groups is 1. The van der Waals surface area contributed by atoms with E-state index in [9.17, 15) is 24.8 Å². The summed E-state index contributed by atoms with van der Waals surface area (Å²) in [5, 5.41) is 19.7. The molecule has 9 heteroatoms. The number of β-lactam (4-membered cyclic amide) rings is 1. The van der Waals surface area contributed by atoms with E-state index in [4.69, 9.17) is 0 Å². The van der Waals surface area contributed by atoms with Crippen molar-refractivity contribution in [1.82, 2.24) is 4.57 Å². The number of benzene rings is 1. The minimum absolute atomic E-state index is 0.0765. The zero-order valence-electron chi connectivity index (χ0n) is 13.9. The van der Waals surface area contributed by atoms with Crippen LogP contribution in [0.5, 0.6) is 0 Å². The van der Waals surface area contributed by atoms with Gasteiger partial charge in [0.15, 0.2) is 8.24 Å². The third kappa shape index (κ3) is 3.18. The van der Waals surface area contributed by atoms with Crippen LogP contribution in [0.1, 0.15) is 13.8 Å². The molecular formula is C15H20N2O5SSi. The van der Waals surface area contributed by atoms with Crippen molar-refractivity contribution in [3.63, 3.8) is 0 Å². The van der Waals surface area contributed by atoms with Gasteiger partial charge in [0.05, 0.1) is 4.92 Å². The topological polar surface area (TPSA) is 101 Å². The number of carbonyl (C=O) groups excluding carboxylic acids is 1. The van der Waals surface area contributed by atoms with Gasteiger partial charge in [-0.1, -0.05) is 33.0 Å². The molecule has 0 spiro atoms. The number of nitro benzene ring substituents is 1. The summed E-state index contributed by atoms with van der Waals surface area (Å²) < 4.78 is 1.55. The lowest BCUT2D eigenvalue weighted by atomic mass is 10.1. The Morgan fingerprint density at radius 2 is 2.04 bits per heavy atom. The molecule has 1 heterocycles. The van der Waals surface area contributed by atoms with E-state index in [0.717, 1.165) is 11.8 Å². The summed E-state index contributed by atoms with van der Waals surface area (Å²) in [4.78, 5) is 35.1. The van der Waals surface area contributed by atoms with Gasteiger partial charge in [0.1, 0.15) is 11.3 Å². The van der Waals surface area contributed by atoms with Crippen LogP contribution in [0, 0.1) is 10.1 Å². The molecule has 2 unspecified atom stereocenters. The van der Waals surface area contributed by atoms with Gasteiger partial charge < -0.3 is 9.67 Å². The Labute approximate surface area is 145 Å². The molecule has 2 atom stereocenters. The third-order valence-electron chi connectivity index (χ3n) is 4.62. The molecule has 2 rings (SSSR count). The van der Waals surface area contributed by atoms with E-state index in [1.807, 2.05) is 26.9 Å². The average molecular weight is 368 g/mol. The van der Waals surface area contributed by atoms with Crippen molar-refractivity contribution in [2.24, 2.45) is 0 Å². The molecular weight excluding hydrogens is 348 g/mol. The fourth-order valence-corrected chi connectivity index (χ4v) is 6.22. The first-order valence-corrected chi connectivity index (χ1v) is 11.4. The molecule has 1 aliphatic heterocycles. The molecule has 24 heavy (non-hydrogen) atoms. The van der Waals surface area contributed by atoms with Crippen LogP contribution in [0.3, 0.4) is 0 Å². The zero-order valence-corrected chi connectivity index (χ0v) is 15.7. The van der Waals surface area contributed by atoms with Crippen molar-refractivity contribution in [2.75, 3.05) is 0 Å². The number of nitro groups is 1. The van der Waals surface area contributed by atoms with Gasteiger partial charge in [0.25, 0.3) is 5.69 Å². The normalized spacial score (nSPS) is 20.9. The van der Waals surface area contributed by atoms with Gasteiger partial charge in [-0.25, -0.2) is 4.79 Å². The number of carbonyl (C=O) groups is 2. The SMILES string of the molecule is CC(C)[Si](C)(C)N1C(=O)C(Sc2cccc([N+](=O)[O-])c2)C1C(=O)O. The number of carboxylic acids is 1. The smallest absolute Gasteiger partial charge is 0.327 e. The van der Waals surface area contributed by atoms with Crippen LogP contribution in [0.25, 0.3) is 0 Å². The minimum atomic E-state index is -2.19. The van der Waals surface area contributed by atoms with Crippen molar-refractivity contribution in [3.05, 3.63) is 34.4 Å². The van der Waals surface area contributed by atoms with Crippen molar-refractivity contribution < 1.29 is 19.6 Å². The van der Waals surface area contributed by atoms with E-state index >= 15 is 0 Å². The number of hydrogen-bond donors (Lipinski definition) is 1. The Balaban J connectivity index is 2.26. The second-order valence-electron chi connectivity index (χ2n) is 6.59. The zero-order chi connectivity index (χ0) is 18.2. The molecule has 1 fully saturated rings. The summed E-state index contributed by atoms with van der Waals surface area (Å²) in [6, 6.07) is 5.03. The van der Waals surface area contributed by atoms with Crippen LogP contribution in [-0.2, 0) is 9.59 Å². The van der Waals surface area contributed by atoms with Gasteiger partial charge in [-0.15, -0.1) is 11.8 Å². The standard InChI is InChI=1S/C15H20N2O5SSi/c1-9(2)24(3,4)16-12(15(19)20)13(14(16)18)23-11-7-5-6-10(8-11)17(21)22/h5-9,12-13H,1-4H3,(H,19,20). The van der Waals surface area contributed by atoms with Crippen molar-refractivity contribution in [1.29, 1.82) is 0 Å². The van der Waals surface area contributed by atoms with E-state index in [1.54, 1.807) is 10.6 Å². The molecule has 130 valence electrons. The maximum absolute atomic E-state index is 12.6. The Morgan fingerprint density at radius 1 is 1.42 bits per heavy atom. The van der Waals surface area contributed by atoms with Crippen molar-refractivity contribution in [2.45, 2.75) is 48.7 Å². The highest BCUT2D eigenvalue weighted by Crippen LogP contribution is 2.42. The van der Waals surface area contributed by atoms with Crippen molar-refractivity contribution >= 4 is 37.6 Å². The number of nitrogens with zero attached hydrogens (tertiary/aromatic N) is 2. The summed E-state index contributed by atoms with van der Waals surface area (Å²) in [6.07, 6.45) is 0. The average Bonchev–Trinajstić information content (AvgIpc) is 2.49. The largest absolute Gasteiger partial charge is 0.480 e. The molecule has 1 aliphatic rings. The molecule has 1 aromatic rings. The Hall–Kier alpha value is -1.87. The first-order chi connectivity index (χ1) is 11.1. The number of amides is 1. The van der Waals surface area contributed by atoms with Crippen molar-refractivity contribution in [3.8, 4) is 0 Å². The molecule has 1 saturated heterocycles. The van der Waals surface area contributed by atoms with Crippen LogP contribution < -0.4 is 0 Å². The minimum Gasteiger partial charge on any atom is -0.480 e. The lowest BCUT2D eigenvalue weighted by Gasteiger charge is -2.53. The first-order valence-electron chi connectivity index (χ1n) is 7.54. The number of rotatable bonds is 6. The molecule has 1 amide bonds. The highest BCUT2D eigenvalue weighted by Gasteiger charge is 2.58. The highest BCUT2D eigenvalue weighted by atomic mass is 32.2. The number of carboxylic acid groups (broad SMARTS) is 1. The molecule has 1 aromatic carbocycles. The lowest BCUT2D eigenvalue weighted by Crippen LogP contribution is -2.75. The number of non-ortho nitro benzene ring substituents is 1. The number of aliphatic carboxylic acids is 1. The predicted octanol–water partition coefficient (Wildman–Crippen LogP) is 2.97. The number of hydrogen-bond acceptors (Lipinski definition) is 5. The molecule has 0 radical (unpaired) electrons. The monoisotopic (exact) mass is 368 g/mol. The predicted molar refractivity (Wildman–Crippen MR) is 93.6 cm³/mol. The lowest BCUT2D eigenvalue weighted by molar-refractivity contribution is -0.385. The summed E-state index contributed by atoms with van der Waals surface area (Å²) >= 11 is 1.08. The second kappa shape index (κ2) is 6.56. The molecule has 0 saturated carbocycles. The van der Waals surface area contributed by atoms with Gasteiger partial charge in [-0.2, -0.15) is 0 Å². The van der Waals surface area contributed by atoms with Crippen LogP contribution >= 0.6 is 11.8 Å². The molecule has 0 aromatic heterocycles. The third-order valence-corrected chi connectivity index (χ3v) is 10.4. The molecule has 0 aliphatic carbocycles. The van der Waals surface area contributed by atoms with Gasteiger partial charge in [-0.05, 0) is 11.6 Å². The summed E-state index contributed by atoms with van der Waals surface area (Å²) in [5.41, 5.74) is 0.152. The van der Waals surface area contributed by atoms with Gasteiger partial charge in [-0.3, -0.25) is 14.9 Å². The second-order valence-corrected chi connectivity index (χ2v) is 12.8. The van der Waals surface area contributed by atoms with Crippen LogP contribution in [0.15, 0.2) is 29.2 Å². The maximum Gasteiger partial charge on any atom is 0.327 e. The maximum atomic E-state index is 12.6. The quantitative estimate of drug-likeness (QED) is 0.358. The van der Waals surface area contributed by atoms with Gasteiger partial charge in [0.2, 0.25) is 5.91 Å². The Bertz CT molecular complexity index is 694. The van der Waals surface area contributed by atoms with Crippen LogP contribution in [-0.4, -0.2) is 46.0 Å². The van der Waals surface area contributed by atoms with E-state index in [-0.39, 0.29) is 17.1 Å². The Kier molecular flexibility index (Phi) is 5.05. The van der Waals surface area contributed by atoms with E-state index < -0.39 is 30.4 Å². The summed E-state index contributed by atoms with van der Waals surface area (Å²) in [7, 11) is -2.19. The van der Waals surface area contributed by atoms with E-state index in [2.05, 4.69) is 0 Å². The Morgan fingerprint density at radius 3 is 2.54 bits per heavy atom. The molecule has 7 nitrogen and oxygen atoms in total. The van der Waals surface area contributed by atoms with Gasteiger partial charge >= 0.3 is 5.97 Å². The van der Waals surface area contributed by atoms with Crippen LogP contribution in [0.2, 0.25) is 18.6 Å². The summed E-state index contributed by atoms with van der Waals surface area (Å²) in [6.45, 7) is 7.97. The fourth-order valence-electron chi connectivity index (χ4n) is 2.55.